The van der Waals surface area contributed by atoms with Gasteiger partial charge in [0, 0.05) is 17.8 Å². The number of nitrogen functional groups attached to an aromatic ring is 1. The molecular formula is C10H7BrFN3O. The number of nitrogens with zero attached hydrogens (tertiary/aromatic N) is 2. The molecule has 0 unspecified atom stereocenters. The van der Waals surface area contributed by atoms with Crippen molar-refractivity contribution < 1.29 is 9.50 Å². The topological polar surface area (TPSA) is 72.0 Å². The molecule has 0 bridgehead atoms. The van der Waals surface area contributed by atoms with Gasteiger partial charge in [-0.1, -0.05) is 0 Å². The fraction of sp³-hybridized carbons (Fsp3) is 0. The van der Waals surface area contributed by atoms with E-state index in [1.54, 1.807) is 0 Å². The largest absolute Gasteiger partial charge is 0.508 e. The number of hydrogen-bond acceptors (Lipinski definition) is 4. The van der Waals surface area contributed by atoms with E-state index in [1.165, 1.54) is 18.3 Å². The van der Waals surface area contributed by atoms with Crippen molar-refractivity contribution in [1.82, 2.24) is 9.97 Å². The van der Waals surface area contributed by atoms with Gasteiger partial charge >= 0.3 is 0 Å². The molecule has 1 aromatic carbocycles. The van der Waals surface area contributed by atoms with Crippen molar-refractivity contribution in [2.24, 2.45) is 0 Å². The molecule has 2 aromatic rings. The molecule has 0 spiro atoms. The summed E-state index contributed by atoms with van der Waals surface area (Å²) in [5.41, 5.74) is 5.95. The first-order chi connectivity index (χ1) is 7.56. The van der Waals surface area contributed by atoms with Crippen molar-refractivity contribution in [3.63, 3.8) is 0 Å². The molecule has 0 saturated heterocycles. The number of nitrogens with two attached hydrogens (primary N) is 1. The van der Waals surface area contributed by atoms with Crippen molar-refractivity contribution in [2.75, 3.05) is 5.73 Å². The first-order valence-corrected chi connectivity index (χ1v) is 5.13. The smallest absolute Gasteiger partial charge is 0.161 e. The Labute approximate surface area is 99.1 Å². The molecule has 0 saturated carbocycles. The van der Waals surface area contributed by atoms with E-state index in [0.717, 1.165) is 6.07 Å². The molecule has 0 atom stereocenters. The van der Waals surface area contributed by atoms with E-state index in [4.69, 9.17) is 5.73 Å². The summed E-state index contributed by atoms with van der Waals surface area (Å²) >= 11 is 3.16. The van der Waals surface area contributed by atoms with Crippen LogP contribution in [0.25, 0.3) is 11.4 Å². The van der Waals surface area contributed by atoms with Gasteiger partial charge in [-0.25, -0.2) is 14.4 Å². The summed E-state index contributed by atoms with van der Waals surface area (Å²) in [7, 11) is 0. The fourth-order valence-electron chi connectivity index (χ4n) is 1.22. The molecule has 82 valence electrons. The molecule has 0 aliphatic carbocycles. The number of aromatic nitrogens is 2. The highest BCUT2D eigenvalue weighted by Gasteiger charge is 2.07. The van der Waals surface area contributed by atoms with Crippen LogP contribution in [-0.4, -0.2) is 15.1 Å². The zero-order valence-corrected chi connectivity index (χ0v) is 9.57. The molecule has 1 heterocycles. The molecule has 0 amide bonds. The molecule has 3 N–H and O–H groups in total. The Balaban J connectivity index is 2.54. The highest BCUT2D eigenvalue weighted by Crippen LogP contribution is 2.24. The van der Waals surface area contributed by atoms with E-state index < -0.39 is 5.82 Å². The van der Waals surface area contributed by atoms with E-state index in [2.05, 4.69) is 25.9 Å². The number of hydrogen-bond donors (Lipinski definition) is 2. The lowest BCUT2D eigenvalue weighted by Crippen LogP contribution is -1.96. The third-order valence-electron chi connectivity index (χ3n) is 1.91. The Morgan fingerprint density at radius 1 is 1.31 bits per heavy atom. The maximum Gasteiger partial charge on any atom is 0.161 e. The number of anilines is 1. The van der Waals surface area contributed by atoms with E-state index in [1.807, 2.05) is 0 Å². The molecule has 1 aromatic heterocycles. The fourth-order valence-corrected chi connectivity index (χ4v) is 1.41. The molecule has 0 radical (unpaired) electrons. The van der Waals surface area contributed by atoms with Gasteiger partial charge in [-0.2, -0.15) is 0 Å². The zero-order valence-electron chi connectivity index (χ0n) is 7.98. The lowest BCUT2D eigenvalue weighted by molar-refractivity contribution is 0.469. The van der Waals surface area contributed by atoms with E-state index >= 15 is 0 Å². The minimum absolute atomic E-state index is 0.180. The summed E-state index contributed by atoms with van der Waals surface area (Å²) in [6.45, 7) is 0. The van der Waals surface area contributed by atoms with Crippen LogP contribution in [0.3, 0.4) is 0 Å². The van der Waals surface area contributed by atoms with E-state index in [0.29, 0.717) is 10.0 Å². The quantitative estimate of drug-likeness (QED) is 0.843. The maximum absolute atomic E-state index is 13.0. The third kappa shape index (κ3) is 2.11. The van der Waals surface area contributed by atoms with Gasteiger partial charge < -0.3 is 10.8 Å². The van der Waals surface area contributed by atoms with Gasteiger partial charge in [0.05, 0.1) is 4.47 Å². The predicted octanol–water partition coefficient (Wildman–Crippen LogP) is 2.33. The molecule has 16 heavy (non-hydrogen) atoms. The zero-order chi connectivity index (χ0) is 11.7. The minimum atomic E-state index is -0.555. The second-order valence-electron chi connectivity index (χ2n) is 3.12. The van der Waals surface area contributed by atoms with E-state index in [9.17, 15) is 9.50 Å². The van der Waals surface area contributed by atoms with Crippen LogP contribution in [0.15, 0.2) is 28.9 Å². The number of rotatable bonds is 1. The van der Waals surface area contributed by atoms with Gasteiger partial charge in [0.2, 0.25) is 0 Å². The Hall–Kier alpha value is -1.69. The molecule has 2 rings (SSSR count). The number of phenols is 1. The second kappa shape index (κ2) is 4.05. The highest BCUT2D eigenvalue weighted by molar-refractivity contribution is 9.10. The summed E-state index contributed by atoms with van der Waals surface area (Å²) in [6.07, 6.45) is 1.47. The number of halogens is 2. The maximum atomic E-state index is 13.0. The Morgan fingerprint density at radius 3 is 2.69 bits per heavy atom. The molecule has 6 heteroatoms. The molecule has 4 nitrogen and oxygen atoms in total. The van der Waals surface area contributed by atoms with Crippen LogP contribution in [0.1, 0.15) is 0 Å². The molecule has 0 fully saturated rings. The normalized spacial score (nSPS) is 10.4. The predicted molar refractivity (Wildman–Crippen MR) is 61.2 cm³/mol. The van der Waals surface area contributed by atoms with Crippen LogP contribution in [0.4, 0.5) is 10.2 Å². The molecule has 0 aliphatic heterocycles. The Bertz CT molecular complexity index is 527. The number of aromatic hydroxyl groups is 1. The van der Waals surface area contributed by atoms with E-state index in [-0.39, 0.29) is 17.4 Å². The molecular weight excluding hydrogens is 277 g/mol. The first kappa shape index (κ1) is 10.8. The van der Waals surface area contributed by atoms with Gasteiger partial charge in [0.15, 0.2) is 5.82 Å². The van der Waals surface area contributed by atoms with Crippen molar-refractivity contribution >= 4 is 21.7 Å². The van der Waals surface area contributed by atoms with Crippen LogP contribution in [-0.2, 0) is 0 Å². The van der Waals surface area contributed by atoms with Crippen LogP contribution in [0.5, 0.6) is 5.75 Å². The van der Waals surface area contributed by atoms with Crippen LogP contribution >= 0.6 is 15.9 Å². The van der Waals surface area contributed by atoms with Crippen molar-refractivity contribution in [3.05, 3.63) is 34.7 Å². The summed E-state index contributed by atoms with van der Waals surface area (Å²) in [5.74, 6) is -0.218. The lowest BCUT2D eigenvalue weighted by Gasteiger charge is -2.03. The Morgan fingerprint density at radius 2 is 2.06 bits per heavy atom. The average Bonchev–Trinajstić information content (AvgIpc) is 2.20. The third-order valence-corrected chi connectivity index (χ3v) is 2.52. The van der Waals surface area contributed by atoms with Gasteiger partial charge in [-0.3, -0.25) is 0 Å². The standard InChI is InChI=1S/C10H7BrFN3O/c11-8-4-14-10(15-9(8)13)5-1-6(12)3-7(16)2-5/h1-4,16H,(H2,13,14,15). The summed E-state index contributed by atoms with van der Waals surface area (Å²) in [4.78, 5) is 7.94. The van der Waals surface area contributed by atoms with Crippen molar-refractivity contribution in [2.45, 2.75) is 0 Å². The number of phenolic OH excluding ortho intramolecular Hbond substituents is 1. The van der Waals surface area contributed by atoms with Crippen LogP contribution in [0.2, 0.25) is 0 Å². The van der Waals surface area contributed by atoms with Crippen molar-refractivity contribution in [1.29, 1.82) is 0 Å². The average molecular weight is 284 g/mol. The first-order valence-electron chi connectivity index (χ1n) is 4.34. The monoisotopic (exact) mass is 283 g/mol. The second-order valence-corrected chi connectivity index (χ2v) is 3.98. The van der Waals surface area contributed by atoms with Gasteiger partial charge in [0.25, 0.3) is 0 Å². The summed E-state index contributed by atoms with van der Waals surface area (Å²) in [6, 6.07) is 3.60. The van der Waals surface area contributed by atoms with Crippen LogP contribution in [0, 0.1) is 5.82 Å². The van der Waals surface area contributed by atoms with Gasteiger partial charge in [-0.05, 0) is 28.1 Å². The Kier molecular flexibility index (Phi) is 2.74. The van der Waals surface area contributed by atoms with Crippen molar-refractivity contribution in [3.8, 4) is 17.1 Å². The minimum Gasteiger partial charge on any atom is -0.508 e. The summed E-state index contributed by atoms with van der Waals surface area (Å²) < 4.78 is 13.6. The van der Waals surface area contributed by atoms with Gasteiger partial charge in [-0.15, -0.1) is 0 Å². The molecule has 0 aliphatic rings. The lowest BCUT2D eigenvalue weighted by atomic mass is 10.2. The number of benzene rings is 1. The van der Waals surface area contributed by atoms with Gasteiger partial charge in [0.1, 0.15) is 17.4 Å². The van der Waals surface area contributed by atoms with Crippen LogP contribution < -0.4 is 5.73 Å². The summed E-state index contributed by atoms with van der Waals surface area (Å²) in [5, 5.41) is 9.24. The SMILES string of the molecule is Nc1nc(-c2cc(O)cc(F)c2)ncc1Br. The highest BCUT2D eigenvalue weighted by atomic mass is 79.9.